The van der Waals surface area contributed by atoms with Crippen molar-refractivity contribution in [3.05, 3.63) is 29.3 Å². The molecule has 2 rings (SSSR count). The molecule has 1 aromatic carbocycles. The summed E-state index contributed by atoms with van der Waals surface area (Å²) in [5, 5.41) is 2.95. The number of benzene rings is 1. The second-order valence-corrected chi connectivity index (χ2v) is 4.95. The van der Waals surface area contributed by atoms with Crippen molar-refractivity contribution in [3.63, 3.8) is 0 Å². The van der Waals surface area contributed by atoms with Crippen molar-refractivity contribution in [1.29, 1.82) is 0 Å². The van der Waals surface area contributed by atoms with Gasteiger partial charge in [0.1, 0.15) is 5.75 Å². The molecule has 4 heteroatoms. The van der Waals surface area contributed by atoms with Gasteiger partial charge in [0.05, 0.1) is 7.11 Å². The Labute approximate surface area is 108 Å². The van der Waals surface area contributed by atoms with E-state index in [0.29, 0.717) is 12.5 Å². The van der Waals surface area contributed by atoms with Crippen molar-refractivity contribution >= 4 is 5.91 Å². The van der Waals surface area contributed by atoms with Crippen molar-refractivity contribution in [1.82, 2.24) is 10.2 Å². The number of nitrogens with zero attached hydrogens (tertiary/aromatic N) is 1. The molecule has 0 saturated carbocycles. The molecule has 0 radical (unpaired) electrons. The summed E-state index contributed by atoms with van der Waals surface area (Å²) in [5.74, 6) is 1.21. The highest BCUT2D eigenvalue weighted by molar-refractivity contribution is 5.97. The number of hydrogen-bond acceptors (Lipinski definition) is 3. The minimum atomic E-state index is 0.0220. The molecule has 1 aliphatic rings. The molecular weight excluding hydrogens is 228 g/mol. The van der Waals surface area contributed by atoms with Crippen LogP contribution in [-0.2, 0) is 0 Å². The zero-order valence-electron chi connectivity index (χ0n) is 11.2. The first-order valence-corrected chi connectivity index (χ1v) is 6.22. The first-order chi connectivity index (χ1) is 8.61. The van der Waals surface area contributed by atoms with Crippen LogP contribution in [-0.4, -0.2) is 45.1 Å². The molecule has 0 spiro atoms. The van der Waals surface area contributed by atoms with Gasteiger partial charge in [-0.25, -0.2) is 0 Å². The summed E-state index contributed by atoms with van der Waals surface area (Å²) >= 11 is 0. The van der Waals surface area contributed by atoms with Crippen LogP contribution in [0.2, 0.25) is 0 Å². The van der Waals surface area contributed by atoms with Crippen LogP contribution in [0.1, 0.15) is 28.3 Å². The molecule has 0 saturated heterocycles. The molecule has 1 atom stereocenters. The van der Waals surface area contributed by atoms with E-state index in [1.165, 1.54) is 0 Å². The topological polar surface area (TPSA) is 41.6 Å². The number of ether oxygens (including phenoxy) is 1. The van der Waals surface area contributed by atoms with E-state index in [4.69, 9.17) is 4.74 Å². The average molecular weight is 248 g/mol. The van der Waals surface area contributed by atoms with Gasteiger partial charge in [-0.15, -0.1) is 0 Å². The van der Waals surface area contributed by atoms with Crippen molar-refractivity contribution < 1.29 is 9.53 Å². The van der Waals surface area contributed by atoms with Crippen LogP contribution >= 0.6 is 0 Å². The molecular formula is C14H20N2O2. The molecule has 1 aliphatic heterocycles. The van der Waals surface area contributed by atoms with Gasteiger partial charge in [-0.05, 0) is 50.8 Å². The molecule has 1 aromatic rings. The van der Waals surface area contributed by atoms with E-state index in [1.54, 1.807) is 7.11 Å². The van der Waals surface area contributed by atoms with Gasteiger partial charge in [0.2, 0.25) is 0 Å². The highest BCUT2D eigenvalue weighted by Gasteiger charge is 2.25. The highest BCUT2D eigenvalue weighted by Crippen LogP contribution is 2.30. The lowest BCUT2D eigenvalue weighted by Crippen LogP contribution is -2.36. The number of carbonyl (C=O) groups excluding carboxylic acids is 1. The Bertz CT molecular complexity index is 443. The molecule has 0 fully saturated rings. The number of methoxy groups -OCH3 is 1. The molecule has 0 aliphatic carbocycles. The van der Waals surface area contributed by atoms with Crippen LogP contribution in [0.4, 0.5) is 0 Å². The van der Waals surface area contributed by atoms with Gasteiger partial charge < -0.3 is 15.0 Å². The number of nitrogens with one attached hydrogen (secondary N) is 1. The van der Waals surface area contributed by atoms with Gasteiger partial charge in [-0.2, -0.15) is 0 Å². The summed E-state index contributed by atoms with van der Waals surface area (Å²) in [4.78, 5) is 14.0. The molecule has 98 valence electrons. The molecule has 4 nitrogen and oxygen atoms in total. The van der Waals surface area contributed by atoms with Gasteiger partial charge in [-0.1, -0.05) is 0 Å². The summed E-state index contributed by atoms with van der Waals surface area (Å²) in [6.07, 6.45) is 1.04. The lowest BCUT2D eigenvalue weighted by Gasteiger charge is -2.27. The lowest BCUT2D eigenvalue weighted by molar-refractivity contribution is 0.0938. The smallest absolute Gasteiger partial charge is 0.251 e. The number of carbonyl (C=O) groups is 1. The molecule has 1 amide bonds. The maximum absolute atomic E-state index is 11.8. The second-order valence-electron chi connectivity index (χ2n) is 4.95. The Kier molecular flexibility index (Phi) is 3.87. The number of rotatable bonds is 4. The third kappa shape index (κ3) is 2.64. The van der Waals surface area contributed by atoms with E-state index in [2.05, 4.69) is 24.3 Å². The van der Waals surface area contributed by atoms with Crippen LogP contribution in [0.5, 0.6) is 5.75 Å². The monoisotopic (exact) mass is 248 g/mol. The predicted molar refractivity (Wildman–Crippen MR) is 71.2 cm³/mol. The third-order valence-corrected chi connectivity index (χ3v) is 3.38. The second kappa shape index (κ2) is 5.40. The fourth-order valence-electron chi connectivity index (χ4n) is 2.31. The quantitative estimate of drug-likeness (QED) is 0.877. The average Bonchev–Trinajstić information content (AvgIpc) is 2.37. The van der Waals surface area contributed by atoms with Crippen LogP contribution in [0.25, 0.3) is 0 Å². The Morgan fingerprint density at radius 1 is 1.44 bits per heavy atom. The SMILES string of the molecule is COc1ccc2c(c1)C(CCN(C)C)CNC2=O. The van der Waals surface area contributed by atoms with Gasteiger partial charge in [0.15, 0.2) is 0 Å². The van der Waals surface area contributed by atoms with Crippen molar-refractivity contribution in [2.75, 3.05) is 34.3 Å². The Morgan fingerprint density at radius 3 is 2.89 bits per heavy atom. The normalized spacial score (nSPS) is 18.4. The van der Waals surface area contributed by atoms with Gasteiger partial charge in [0.25, 0.3) is 5.91 Å². The number of fused-ring (bicyclic) bond motifs is 1. The largest absolute Gasteiger partial charge is 0.497 e. The van der Waals surface area contributed by atoms with E-state index in [0.717, 1.165) is 29.8 Å². The number of hydrogen-bond donors (Lipinski definition) is 1. The summed E-state index contributed by atoms with van der Waals surface area (Å²) in [6, 6.07) is 5.69. The van der Waals surface area contributed by atoms with E-state index >= 15 is 0 Å². The Hall–Kier alpha value is -1.55. The summed E-state index contributed by atoms with van der Waals surface area (Å²) in [6.45, 7) is 1.73. The van der Waals surface area contributed by atoms with Gasteiger partial charge in [-0.3, -0.25) is 4.79 Å². The minimum Gasteiger partial charge on any atom is -0.497 e. The lowest BCUT2D eigenvalue weighted by atomic mass is 9.88. The van der Waals surface area contributed by atoms with Crippen molar-refractivity contribution in [3.8, 4) is 5.75 Å². The molecule has 1 unspecified atom stereocenters. The van der Waals surface area contributed by atoms with Crippen LogP contribution in [0, 0.1) is 0 Å². The maximum Gasteiger partial charge on any atom is 0.251 e. The maximum atomic E-state index is 11.8. The highest BCUT2D eigenvalue weighted by atomic mass is 16.5. The van der Waals surface area contributed by atoms with Crippen LogP contribution in [0.3, 0.4) is 0 Å². The Balaban J connectivity index is 2.26. The fraction of sp³-hybridized carbons (Fsp3) is 0.500. The first-order valence-electron chi connectivity index (χ1n) is 6.22. The summed E-state index contributed by atoms with van der Waals surface area (Å²) < 4.78 is 5.25. The zero-order valence-corrected chi connectivity index (χ0v) is 11.2. The van der Waals surface area contributed by atoms with Crippen molar-refractivity contribution in [2.45, 2.75) is 12.3 Å². The van der Waals surface area contributed by atoms with Crippen LogP contribution < -0.4 is 10.1 Å². The molecule has 0 aromatic heterocycles. The van der Waals surface area contributed by atoms with Crippen LogP contribution in [0.15, 0.2) is 18.2 Å². The zero-order chi connectivity index (χ0) is 13.1. The molecule has 18 heavy (non-hydrogen) atoms. The molecule has 0 bridgehead atoms. The Morgan fingerprint density at radius 2 is 2.22 bits per heavy atom. The summed E-state index contributed by atoms with van der Waals surface area (Å²) in [5.41, 5.74) is 1.89. The van der Waals surface area contributed by atoms with E-state index < -0.39 is 0 Å². The molecule has 1 N–H and O–H groups in total. The number of amides is 1. The van der Waals surface area contributed by atoms with Crippen molar-refractivity contribution in [2.24, 2.45) is 0 Å². The van der Waals surface area contributed by atoms with E-state index in [1.807, 2.05) is 18.2 Å². The third-order valence-electron chi connectivity index (χ3n) is 3.38. The summed E-state index contributed by atoms with van der Waals surface area (Å²) in [7, 11) is 5.78. The minimum absolute atomic E-state index is 0.0220. The molecule has 1 heterocycles. The first kappa shape index (κ1) is 12.9. The predicted octanol–water partition coefficient (Wildman–Crippen LogP) is 1.47. The standard InChI is InChI=1S/C14H20N2O2/c1-16(2)7-6-10-9-15-14(17)12-5-4-11(18-3)8-13(10)12/h4-5,8,10H,6-7,9H2,1-3H3,(H,15,17). The van der Waals surface area contributed by atoms with E-state index in [9.17, 15) is 4.79 Å². The fourth-order valence-corrected chi connectivity index (χ4v) is 2.31. The van der Waals surface area contributed by atoms with Gasteiger partial charge >= 0.3 is 0 Å². The van der Waals surface area contributed by atoms with E-state index in [-0.39, 0.29) is 5.91 Å². The van der Waals surface area contributed by atoms with Gasteiger partial charge in [0, 0.05) is 18.0 Å².